The summed E-state index contributed by atoms with van der Waals surface area (Å²) in [7, 11) is 0. The molecule has 184 valence electrons. The summed E-state index contributed by atoms with van der Waals surface area (Å²) in [5, 5.41) is 11.2. The summed E-state index contributed by atoms with van der Waals surface area (Å²) >= 11 is 0. The minimum Gasteiger partial charge on any atom is -0.493 e. The molecule has 0 saturated carbocycles. The highest BCUT2D eigenvalue weighted by atomic mass is 19.4. The molecule has 0 heterocycles. The second-order valence-electron chi connectivity index (χ2n) is 8.32. The largest absolute Gasteiger partial charge is 0.493 e. The van der Waals surface area contributed by atoms with Crippen LogP contribution in [0.25, 0.3) is 11.1 Å². The van der Waals surface area contributed by atoms with Gasteiger partial charge < -0.3 is 15.2 Å². The Balaban J connectivity index is 1.47. The van der Waals surface area contributed by atoms with Crippen LogP contribution in [-0.2, 0) is 17.4 Å². The maximum Gasteiger partial charge on any atom is 0.416 e. The van der Waals surface area contributed by atoms with E-state index in [1.807, 2.05) is 31.2 Å². The second kappa shape index (κ2) is 11.6. The standard InChI is InChI=1S/C27H26F3NO4/c1-18(16-19-2-4-22(5-3-19)26(34)31-15-14-25(32)33)17-35-24-12-8-21(9-13-24)20-6-10-23(11-7-20)27(28,29)30/h2-13,18H,14-17H2,1H3,(H,31,34)(H,32,33). The molecule has 0 aromatic heterocycles. The average molecular weight is 486 g/mol. The molecule has 0 saturated heterocycles. The molecule has 8 heteroatoms. The van der Waals surface area contributed by atoms with E-state index in [0.717, 1.165) is 29.7 Å². The molecule has 3 rings (SSSR count). The molecule has 1 amide bonds. The van der Waals surface area contributed by atoms with Gasteiger partial charge in [0.1, 0.15) is 5.75 Å². The molecule has 0 radical (unpaired) electrons. The normalized spacial score (nSPS) is 12.1. The van der Waals surface area contributed by atoms with Crippen molar-refractivity contribution >= 4 is 11.9 Å². The number of amides is 1. The number of nitrogens with one attached hydrogen (secondary N) is 1. The Morgan fingerprint density at radius 2 is 1.49 bits per heavy atom. The molecular formula is C27H26F3NO4. The Kier molecular flexibility index (Phi) is 8.52. The minimum atomic E-state index is -4.35. The van der Waals surface area contributed by atoms with Gasteiger partial charge in [0.25, 0.3) is 5.91 Å². The van der Waals surface area contributed by atoms with Crippen LogP contribution < -0.4 is 10.1 Å². The van der Waals surface area contributed by atoms with Crippen molar-refractivity contribution in [2.24, 2.45) is 5.92 Å². The van der Waals surface area contributed by atoms with Crippen LogP contribution in [0.2, 0.25) is 0 Å². The number of benzene rings is 3. The summed E-state index contributed by atoms with van der Waals surface area (Å²) in [5.41, 5.74) is 2.32. The number of aliphatic carboxylic acids is 1. The van der Waals surface area contributed by atoms with Crippen molar-refractivity contribution in [1.29, 1.82) is 0 Å². The lowest BCUT2D eigenvalue weighted by molar-refractivity contribution is -0.138. The topological polar surface area (TPSA) is 75.6 Å². The average Bonchev–Trinajstić information content (AvgIpc) is 2.83. The van der Waals surface area contributed by atoms with Gasteiger partial charge in [0.05, 0.1) is 18.6 Å². The number of halogens is 3. The lowest BCUT2D eigenvalue weighted by atomic mass is 10.0. The number of hydrogen-bond acceptors (Lipinski definition) is 3. The van der Waals surface area contributed by atoms with Crippen LogP contribution in [-0.4, -0.2) is 30.1 Å². The lowest BCUT2D eigenvalue weighted by Crippen LogP contribution is -2.25. The number of carboxylic acids is 1. The van der Waals surface area contributed by atoms with Crippen LogP contribution in [0.1, 0.15) is 34.8 Å². The van der Waals surface area contributed by atoms with Gasteiger partial charge in [-0.15, -0.1) is 0 Å². The van der Waals surface area contributed by atoms with Crippen molar-refractivity contribution in [2.45, 2.75) is 25.9 Å². The molecule has 0 aliphatic carbocycles. The first-order valence-corrected chi connectivity index (χ1v) is 11.1. The predicted octanol–water partition coefficient (Wildman–Crippen LogP) is 5.83. The Morgan fingerprint density at radius 3 is 2.03 bits per heavy atom. The van der Waals surface area contributed by atoms with Crippen LogP contribution in [0.3, 0.4) is 0 Å². The van der Waals surface area contributed by atoms with Crippen molar-refractivity contribution in [3.05, 3.63) is 89.5 Å². The van der Waals surface area contributed by atoms with Crippen molar-refractivity contribution in [3.63, 3.8) is 0 Å². The lowest BCUT2D eigenvalue weighted by Gasteiger charge is -2.14. The first-order valence-electron chi connectivity index (χ1n) is 11.1. The van der Waals surface area contributed by atoms with Gasteiger partial charge in [0, 0.05) is 12.1 Å². The summed E-state index contributed by atoms with van der Waals surface area (Å²) < 4.78 is 44.0. The van der Waals surface area contributed by atoms with Gasteiger partial charge in [0.15, 0.2) is 0 Å². The maximum atomic E-state index is 12.7. The van der Waals surface area contributed by atoms with E-state index in [2.05, 4.69) is 5.32 Å². The highest BCUT2D eigenvalue weighted by Crippen LogP contribution is 2.31. The van der Waals surface area contributed by atoms with Gasteiger partial charge >= 0.3 is 12.1 Å². The van der Waals surface area contributed by atoms with Crippen LogP contribution in [0.15, 0.2) is 72.8 Å². The van der Waals surface area contributed by atoms with E-state index in [-0.39, 0.29) is 24.8 Å². The van der Waals surface area contributed by atoms with E-state index in [4.69, 9.17) is 9.84 Å². The number of rotatable bonds is 10. The molecule has 0 bridgehead atoms. The summed E-state index contributed by atoms with van der Waals surface area (Å²) in [5.74, 6) is -0.415. The smallest absolute Gasteiger partial charge is 0.416 e. The van der Waals surface area contributed by atoms with Gasteiger partial charge in [0.2, 0.25) is 0 Å². The molecule has 0 aliphatic heterocycles. The summed E-state index contributed by atoms with van der Waals surface area (Å²) in [4.78, 5) is 22.5. The van der Waals surface area contributed by atoms with Crippen molar-refractivity contribution in [2.75, 3.05) is 13.2 Å². The monoisotopic (exact) mass is 485 g/mol. The zero-order valence-corrected chi connectivity index (χ0v) is 19.1. The van der Waals surface area contributed by atoms with E-state index in [1.54, 1.807) is 24.3 Å². The van der Waals surface area contributed by atoms with Crippen LogP contribution in [0, 0.1) is 5.92 Å². The fraction of sp³-hybridized carbons (Fsp3) is 0.259. The fourth-order valence-electron chi connectivity index (χ4n) is 3.47. The fourth-order valence-corrected chi connectivity index (χ4v) is 3.47. The molecule has 1 unspecified atom stereocenters. The third-order valence-electron chi connectivity index (χ3n) is 5.36. The zero-order valence-electron chi connectivity index (χ0n) is 19.1. The zero-order chi connectivity index (χ0) is 25.4. The molecule has 5 nitrogen and oxygen atoms in total. The first kappa shape index (κ1) is 25.8. The van der Waals surface area contributed by atoms with Crippen molar-refractivity contribution in [3.8, 4) is 16.9 Å². The molecule has 0 spiro atoms. The van der Waals surface area contributed by atoms with Gasteiger partial charge in [-0.2, -0.15) is 13.2 Å². The number of hydrogen-bond donors (Lipinski definition) is 2. The Hall–Kier alpha value is -3.81. The molecule has 3 aromatic rings. The van der Waals surface area contributed by atoms with E-state index < -0.39 is 17.7 Å². The van der Waals surface area contributed by atoms with E-state index in [0.29, 0.717) is 23.5 Å². The molecule has 1 atom stereocenters. The number of ether oxygens (including phenoxy) is 1. The summed E-state index contributed by atoms with van der Waals surface area (Å²) in [6.45, 7) is 2.59. The minimum absolute atomic E-state index is 0.0790. The van der Waals surface area contributed by atoms with Crippen LogP contribution in [0.5, 0.6) is 5.75 Å². The molecule has 0 aliphatic rings. The number of carbonyl (C=O) groups is 2. The Morgan fingerprint density at radius 1 is 0.914 bits per heavy atom. The van der Waals surface area contributed by atoms with Crippen molar-refractivity contribution < 1.29 is 32.6 Å². The first-order chi connectivity index (χ1) is 16.6. The SMILES string of the molecule is CC(COc1ccc(-c2ccc(C(F)(F)F)cc2)cc1)Cc1ccc(C(=O)NCCC(=O)O)cc1. The summed E-state index contributed by atoms with van der Waals surface area (Å²) in [6, 6.07) is 19.4. The second-order valence-corrected chi connectivity index (χ2v) is 8.32. The van der Waals surface area contributed by atoms with Gasteiger partial charge in [-0.1, -0.05) is 43.3 Å². The third-order valence-corrected chi connectivity index (χ3v) is 5.36. The van der Waals surface area contributed by atoms with Gasteiger partial charge in [-0.25, -0.2) is 0 Å². The highest BCUT2D eigenvalue weighted by molar-refractivity contribution is 5.94. The van der Waals surface area contributed by atoms with Crippen molar-refractivity contribution in [1.82, 2.24) is 5.32 Å². The van der Waals surface area contributed by atoms with E-state index >= 15 is 0 Å². The molecule has 0 fully saturated rings. The van der Waals surface area contributed by atoms with Crippen LogP contribution in [0.4, 0.5) is 13.2 Å². The van der Waals surface area contributed by atoms with E-state index in [1.165, 1.54) is 12.1 Å². The Labute approximate surface area is 201 Å². The number of carboxylic acid groups (broad SMARTS) is 1. The number of alkyl halides is 3. The van der Waals surface area contributed by atoms with Gasteiger partial charge in [-0.3, -0.25) is 9.59 Å². The maximum absolute atomic E-state index is 12.7. The quantitative estimate of drug-likeness (QED) is 0.379. The van der Waals surface area contributed by atoms with Gasteiger partial charge in [-0.05, 0) is 65.4 Å². The summed E-state index contributed by atoms with van der Waals surface area (Å²) in [6.07, 6.45) is -3.74. The van der Waals surface area contributed by atoms with Crippen LogP contribution >= 0.6 is 0 Å². The molecular weight excluding hydrogens is 459 g/mol. The number of carbonyl (C=O) groups excluding carboxylic acids is 1. The molecule has 3 aromatic carbocycles. The third kappa shape index (κ3) is 7.88. The Bertz CT molecular complexity index is 1130. The predicted molar refractivity (Wildman–Crippen MR) is 126 cm³/mol. The van der Waals surface area contributed by atoms with E-state index in [9.17, 15) is 22.8 Å². The molecule has 35 heavy (non-hydrogen) atoms. The molecule has 2 N–H and O–H groups in total. The highest BCUT2D eigenvalue weighted by Gasteiger charge is 2.29.